The Kier molecular flexibility index (Phi) is 7.14. The number of rotatable bonds is 6. The minimum absolute atomic E-state index is 0.307. The number of ether oxygens (including phenoxy) is 1. The highest BCUT2D eigenvalue weighted by Gasteiger charge is 2.41. The van der Waals surface area contributed by atoms with Crippen molar-refractivity contribution in [3.05, 3.63) is 107 Å². The van der Waals surface area contributed by atoms with Crippen LogP contribution in [0, 0.1) is 0 Å². The number of alkyl halides is 3. The molecule has 5 rings (SSSR count). The number of amides is 1. The van der Waals surface area contributed by atoms with Gasteiger partial charge in [-0.25, -0.2) is 0 Å². The van der Waals surface area contributed by atoms with Crippen LogP contribution in [-0.4, -0.2) is 42.4 Å². The Bertz CT molecular complexity index is 1530. The van der Waals surface area contributed by atoms with Gasteiger partial charge < -0.3 is 9.64 Å². The lowest BCUT2D eigenvalue weighted by Crippen LogP contribution is -2.37. The van der Waals surface area contributed by atoms with Gasteiger partial charge in [-0.05, 0) is 58.5 Å². The zero-order valence-electron chi connectivity index (χ0n) is 21.6. The summed E-state index contributed by atoms with van der Waals surface area (Å²) >= 11 is 0. The van der Waals surface area contributed by atoms with Crippen molar-refractivity contribution in [2.45, 2.75) is 31.1 Å². The molecule has 0 aromatic heterocycles. The Morgan fingerprint density at radius 3 is 2.42 bits per heavy atom. The van der Waals surface area contributed by atoms with Crippen molar-refractivity contribution in [2.75, 3.05) is 13.7 Å². The molecule has 3 aromatic rings. The van der Waals surface area contributed by atoms with E-state index in [4.69, 9.17) is 0 Å². The molecule has 2 aliphatic heterocycles. The molecule has 1 amide bonds. The molecule has 0 N–H and O–H groups in total. The standard InChI is InChI=1S/C31H25F3N2O4/c1-40-28(38)18-27(37)36-16-13-21-17-24(12-9-22(21)19-36)30(14-4-15-35-30)29(39)26-6-3-2-5-25(26)20-7-10-23(11-8-20)31(32,33)34/h2-12,14-15,17H,13,16,18-19H2,1H3. The van der Waals surface area contributed by atoms with Crippen molar-refractivity contribution in [3.63, 3.8) is 0 Å². The topological polar surface area (TPSA) is 76.0 Å². The zero-order chi connectivity index (χ0) is 28.5. The largest absolute Gasteiger partial charge is 0.469 e. The van der Waals surface area contributed by atoms with E-state index < -0.39 is 23.2 Å². The number of hydrogen-bond donors (Lipinski definition) is 0. The first-order valence-corrected chi connectivity index (χ1v) is 12.6. The summed E-state index contributed by atoms with van der Waals surface area (Å²) in [5.41, 5.74) is 1.76. The monoisotopic (exact) mass is 546 g/mol. The minimum atomic E-state index is -4.46. The molecule has 3 aromatic carbocycles. The molecule has 0 fully saturated rings. The van der Waals surface area contributed by atoms with Crippen LogP contribution in [0.25, 0.3) is 11.1 Å². The number of aliphatic imine (C=N–C) groups is 1. The summed E-state index contributed by atoms with van der Waals surface area (Å²) in [4.78, 5) is 44.4. The average Bonchev–Trinajstić information content (AvgIpc) is 3.47. The van der Waals surface area contributed by atoms with Crippen molar-refractivity contribution in [3.8, 4) is 11.1 Å². The van der Waals surface area contributed by atoms with Crippen LogP contribution in [0.1, 0.15) is 39.0 Å². The van der Waals surface area contributed by atoms with E-state index in [1.54, 1.807) is 53.6 Å². The number of ketones is 1. The molecule has 2 heterocycles. The molecule has 0 saturated heterocycles. The van der Waals surface area contributed by atoms with Crippen LogP contribution in [0.5, 0.6) is 0 Å². The quantitative estimate of drug-likeness (QED) is 0.231. The number of Topliss-reactive ketones (excluding diaryl/α,β-unsaturated/α-hetero) is 1. The van der Waals surface area contributed by atoms with Gasteiger partial charge in [0.05, 0.1) is 12.7 Å². The van der Waals surface area contributed by atoms with E-state index >= 15 is 0 Å². The summed E-state index contributed by atoms with van der Waals surface area (Å²) < 4.78 is 43.9. The molecule has 6 nitrogen and oxygen atoms in total. The molecule has 204 valence electrons. The Morgan fingerprint density at radius 1 is 1.00 bits per heavy atom. The lowest BCUT2D eigenvalue weighted by molar-refractivity contribution is -0.147. The smallest absolute Gasteiger partial charge is 0.416 e. The van der Waals surface area contributed by atoms with E-state index in [-0.39, 0.29) is 18.1 Å². The van der Waals surface area contributed by atoms with Crippen molar-refractivity contribution < 1.29 is 32.3 Å². The molecule has 0 radical (unpaired) electrons. The van der Waals surface area contributed by atoms with Crippen molar-refractivity contribution in [1.29, 1.82) is 0 Å². The van der Waals surface area contributed by atoms with E-state index in [1.165, 1.54) is 19.2 Å². The molecule has 1 atom stereocenters. The third kappa shape index (κ3) is 5.06. The van der Waals surface area contributed by atoms with Gasteiger partial charge in [0.25, 0.3) is 0 Å². The highest BCUT2D eigenvalue weighted by Crippen LogP contribution is 2.39. The number of allylic oxidation sites excluding steroid dienone is 1. The minimum Gasteiger partial charge on any atom is -0.469 e. The number of hydrogen-bond acceptors (Lipinski definition) is 5. The number of nitrogens with zero attached hydrogens (tertiary/aromatic N) is 2. The zero-order valence-corrected chi connectivity index (χ0v) is 21.6. The van der Waals surface area contributed by atoms with E-state index in [1.807, 2.05) is 12.1 Å². The maximum atomic E-state index is 14.2. The van der Waals surface area contributed by atoms with Crippen LogP contribution in [0.3, 0.4) is 0 Å². The summed E-state index contributed by atoms with van der Waals surface area (Å²) in [6, 6.07) is 17.1. The second-order valence-corrected chi connectivity index (χ2v) is 9.66. The maximum Gasteiger partial charge on any atom is 0.416 e. The average molecular weight is 547 g/mol. The van der Waals surface area contributed by atoms with E-state index in [2.05, 4.69) is 9.73 Å². The van der Waals surface area contributed by atoms with Crippen LogP contribution >= 0.6 is 0 Å². The summed E-state index contributed by atoms with van der Waals surface area (Å²) in [6.07, 6.45) is 0.737. The molecule has 0 aliphatic carbocycles. The third-order valence-corrected chi connectivity index (χ3v) is 7.28. The fraction of sp³-hybridized carbons (Fsp3) is 0.226. The van der Waals surface area contributed by atoms with Gasteiger partial charge in [0.1, 0.15) is 6.42 Å². The van der Waals surface area contributed by atoms with E-state index in [9.17, 15) is 27.6 Å². The van der Waals surface area contributed by atoms with Crippen LogP contribution in [0.15, 0.2) is 83.9 Å². The van der Waals surface area contributed by atoms with Gasteiger partial charge in [0.2, 0.25) is 5.91 Å². The molecular weight excluding hydrogens is 521 g/mol. The Labute approximate surface area is 228 Å². The Balaban J connectivity index is 1.46. The fourth-order valence-electron chi connectivity index (χ4n) is 5.11. The summed E-state index contributed by atoms with van der Waals surface area (Å²) in [5, 5.41) is 0. The van der Waals surface area contributed by atoms with Crippen LogP contribution < -0.4 is 0 Å². The molecule has 9 heteroatoms. The number of esters is 1. The molecular formula is C31H25F3N2O4. The lowest BCUT2D eigenvalue weighted by atomic mass is 9.80. The van der Waals surface area contributed by atoms with Gasteiger partial charge in [-0.1, -0.05) is 54.6 Å². The van der Waals surface area contributed by atoms with Crippen LogP contribution in [0.4, 0.5) is 13.2 Å². The molecule has 0 bridgehead atoms. The molecule has 2 aliphatic rings. The highest BCUT2D eigenvalue weighted by atomic mass is 19.4. The predicted molar refractivity (Wildman–Crippen MR) is 143 cm³/mol. The van der Waals surface area contributed by atoms with Crippen LogP contribution in [0.2, 0.25) is 0 Å². The fourth-order valence-corrected chi connectivity index (χ4v) is 5.11. The number of fused-ring (bicyclic) bond motifs is 1. The Morgan fingerprint density at radius 2 is 1.75 bits per heavy atom. The number of benzene rings is 3. The first-order chi connectivity index (χ1) is 19.1. The molecule has 0 spiro atoms. The number of carbonyl (C=O) groups is 3. The van der Waals surface area contributed by atoms with Gasteiger partial charge in [-0.15, -0.1) is 0 Å². The second-order valence-electron chi connectivity index (χ2n) is 9.66. The highest BCUT2D eigenvalue weighted by molar-refractivity contribution is 6.11. The van der Waals surface area contributed by atoms with Gasteiger partial charge in [0, 0.05) is 24.9 Å². The molecule has 1 unspecified atom stereocenters. The third-order valence-electron chi connectivity index (χ3n) is 7.28. The van der Waals surface area contributed by atoms with Gasteiger partial charge >= 0.3 is 12.1 Å². The summed E-state index contributed by atoms with van der Waals surface area (Å²) in [5.74, 6) is -1.20. The first-order valence-electron chi connectivity index (χ1n) is 12.6. The Hall–Kier alpha value is -4.53. The van der Waals surface area contributed by atoms with E-state index in [0.717, 1.165) is 23.3 Å². The maximum absolute atomic E-state index is 14.2. The number of carbonyl (C=O) groups excluding carboxylic acids is 3. The summed E-state index contributed by atoms with van der Waals surface area (Å²) in [7, 11) is 1.24. The lowest BCUT2D eigenvalue weighted by Gasteiger charge is -2.31. The number of methoxy groups -OCH3 is 1. The van der Waals surface area contributed by atoms with Gasteiger partial charge in [-0.3, -0.25) is 19.4 Å². The van der Waals surface area contributed by atoms with Gasteiger partial charge in [0.15, 0.2) is 11.3 Å². The van der Waals surface area contributed by atoms with Crippen molar-refractivity contribution in [2.24, 2.45) is 4.99 Å². The summed E-state index contributed by atoms with van der Waals surface area (Å²) in [6.45, 7) is 0.755. The second kappa shape index (κ2) is 10.6. The van der Waals surface area contributed by atoms with Crippen LogP contribution in [-0.2, 0) is 39.0 Å². The normalized spacial score (nSPS) is 17.9. The SMILES string of the molecule is COC(=O)CC(=O)N1CCc2cc(C3(C(=O)c4ccccc4-c4ccc(C(F)(F)F)cc4)C=CC=N3)ccc2C1. The first kappa shape index (κ1) is 27.1. The molecule has 0 saturated carbocycles. The molecule has 40 heavy (non-hydrogen) atoms. The predicted octanol–water partition coefficient (Wildman–Crippen LogP) is 5.54. The van der Waals surface area contributed by atoms with Crippen molar-refractivity contribution >= 4 is 23.9 Å². The van der Waals surface area contributed by atoms with Gasteiger partial charge in [-0.2, -0.15) is 13.2 Å². The van der Waals surface area contributed by atoms with E-state index in [0.29, 0.717) is 41.8 Å². The number of halogens is 3. The van der Waals surface area contributed by atoms with Crippen molar-refractivity contribution in [1.82, 2.24) is 4.90 Å².